The highest BCUT2D eigenvalue weighted by Gasteiger charge is 2.31. The first kappa shape index (κ1) is 32.6. The Morgan fingerprint density at radius 1 is 0.811 bits per heavy atom. The molecule has 0 saturated heterocycles. The van der Waals surface area contributed by atoms with E-state index < -0.39 is 21.9 Å². The minimum absolute atomic E-state index is 0.0582. The molecule has 37 heavy (non-hydrogen) atoms. The zero-order valence-electron chi connectivity index (χ0n) is 22.7. The Morgan fingerprint density at radius 2 is 1.27 bits per heavy atom. The predicted molar refractivity (Wildman–Crippen MR) is 146 cm³/mol. The molecule has 0 spiro atoms. The van der Waals surface area contributed by atoms with Crippen LogP contribution in [-0.2, 0) is 19.6 Å². The van der Waals surface area contributed by atoms with Crippen molar-refractivity contribution in [3.05, 3.63) is 29.8 Å². The van der Waals surface area contributed by atoms with Gasteiger partial charge in [0, 0.05) is 13.5 Å². The van der Waals surface area contributed by atoms with Gasteiger partial charge in [-0.25, -0.2) is 13.1 Å². The van der Waals surface area contributed by atoms with E-state index in [1.165, 1.54) is 101 Å². The van der Waals surface area contributed by atoms with Crippen LogP contribution in [0.15, 0.2) is 29.2 Å². The molecule has 8 nitrogen and oxygen atoms in total. The van der Waals surface area contributed by atoms with Crippen LogP contribution in [0, 0.1) is 0 Å². The molecule has 2 rings (SSSR count). The van der Waals surface area contributed by atoms with Gasteiger partial charge in [-0.3, -0.25) is 14.4 Å². The van der Waals surface area contributed by atoms with E-state index in [0.29, 0.717) is 6.42 Å². The summed E-state index contributed by atoms with van der Waals surface area (Å²) in [5, 5.41) is 8.64. The number of carboxylic acid groups (broad SMARTS) is 1. The third-order valence-electron chi connectivity index (χ3n) is 6.44. The van der Waals surface area contributed by atoms with Gasteiger partial charge in [0.2, 0.25) is 5.91 Å². The van der Waals surface area contributed by atoms with Crippen LogP contribution >= 0.6 is 0 Å². The lowest BCUT2D eigenvalue weighted by atomic mass is 10.0. The maximum atomic E-state index is 11.7. The molecule has 0 radical (unpaired) electrons. The zero-order chi connectivity index (χ0) is 27.5. The van der Waals surface area contributed by atoms with E-state index in [1.807, 2.05) is 4.72 Å². The van der Waals surface area contributed by atoms with Crippen molar-refractivity contribution in [2.75, 3.05) is 13.6 Å². The first-order valence-electron chi connectivity index (χ1n) is 13.8. The van der Waals surface area contributed by atoms with Gasteiger partial charge < -0.3 is 10.0 Å². The molecule has 0 aliphatic carbocycles. The van der Waals surface area contributed by atoms with E-state index in [-0.39, 0.29) is 22.9 Å². The number of nitrogens with one attached hydrogen (secondary N) is 1. The average Bonchev–Trinajstić information content (AvgIpc) is 3.09. The summed E-state index contributed by atoms with van der Waals surface area (Å²) in [4.78, 5) is 34.6. The number of carbonyl (C=O) groups is 3. The number of nitrogens with zero attached hydrogens (tertiary/aromatic N) is 1. The molecule has 1 aliphatic rings. The van der Waals surface area contributed by atoms with Crippen molar-refractivity contribution in [3.8, 4) is 0 Å². The highest BCUT2D eigenvalue weighted by Crippen LogP contribution is 2.21. The SMILES string of the molecule is CCCCCCCCCCCCCCCCCC(=O)N(C)CC(=O)O.O=C1NS(=O)(=O)c2ccccc21. The quantitative estimate of drug-likeness (QED) is 0.224. The number of rotatable bonds is 18. The van der Waals surface area contributed by atoms with Crippen molar-refractivity contribution in [3.63, 3.8) is 0 Å². The number of carboxylic acids is 1. The van der Waals surface area contributed by atoms with Gasteiger partial charge in [-0.15, -0.1) is 0 Å². The number of carbonyl (C=O) groups excluding carboxylic acids is 2. The maximum absolute atomic E-state index is 11.7. The van der Waals surface area contributed by atoms with Gasteiger partial charge in [0.15, 0.2) is 0 Å². The number of hydrogen-bond donors (Lipinski definition) is 2. The summed E-state index contributed by atoms with van der Waals surface area (Å²) in [6.45, 7) is 2.07. The summed E-state index contributed by atoms with van der Waals surface area (Å²) in [5.74, 6) is -1.56. The fraction of sp³-hybridized carbons (Fsp3) is 0.679. The second-order valence-corrected chi connectivity index (χ2v) is 11.4. The number of sulfonamides is 1. The molecule has 0 atom stereocenters. The van der Waals surface area contributed by atoms with Crippen molar-refractivity contribution >= 4 is 27.8 Å². The van der Waals surface area contributed by atoms with Crippen molar-refractivity contribution in [2.45, 2.75) is 115 Å². The van der Waals surface area contributed by atoms with Crippen molar-refractivity contribution in [1.29, 1.82) is 0 Å². The normalized spacial score (nSPS) is 13.3. The highest BCUT2D eigenvalue weighted by atomic mass is 32.2. The van der Waals surface area contributed by atoms with Crippen LogP contribution in [0.5, 0.6) is 0 Å². The minimum atomic E-state index is -3.55. The maximum Gasteiger partial charge on any atom is 0.323 e. The smallest absolute Gasteiger partial charge is 0.323 e. The topological polar surface area (TPSA) is 121 Å². The highest BCUT2D eigenvalue weighted by molar-refractivity contribution is 7.90. The molecule has 1 aliphatic heterocycles. The molecular formula is C28H46N2O6S. The molecule has 0 fully saturated rings. The van der Waals surface area contributed by atoms with E-state index >= 15 is 0 Å². The van der Waals surface area contributed by atoms with E-state index in [9.17, 15) is 22.8 Å². The van der Waals surface area contributed by atoms with E-state index in [1.54, 1.807) is 19.2 Å². The van der Waals surface area contributed by atoms with Gasteiger partial charge in [0.25, 0.3) is 15.9 Å². The second kappa shape index (κ2) is 18.8. The number of aliphatic carboxylic acids is 1. The standard InChI is InChI=1S/C21H41NO3.C7H5NO3S/c1-3-4-5-6-7-8-9-10-11-12-13-14-15-16-17-18-20(23)22(2)19-21(24)25;9-7-5-3-1-2-4-6(5)12(10,11)8-7/h3-19H2,1-2H3,(H,24,25);1-4H,(H,8,9). The number of hydrogen-bond acceptors (Lipinski definition) is 5. The van der Waals surface area contributed by atoms with Crippen LogP contribution in [0.1, 0.15) is 120 Å². The number of amides is 2. The molecule has 0 aromatic heterocycles. The predicted octanol–water partition coefficient (Wildman–Crippen LogP) is 5.91. The summed E-state index contributed by atoms with van der Waals surface area (Å²) in [6.07, 6.45) is 20.1. The average molecular weight is 539 g/mol. The lowest BCUT2D eigenvalue weighted by Gasteiger charge is -2.14. The van der Waals surface area contributed by atoms with E-state index in [4.69, 9.17) is 5.11 Å². The van der Waals surface area contributed by atoms with Crippen molar-refractivity contribution in [1.82, 2.24) is 9.62 Å². The van der Waals surface area contributed by atoms with E-state index in [0.717, 1.165) is 12.8 Å². The molecular weight excluding hydrogens is 492 g/mol. The second-order valence-electron chi connectivity index (χ2n) is 9.77. The molecule has 0 saturated carbocycles. The van der Waals surface area contributed by atoms with Gasteiger partial charge in [-0.1, -0.05) is 109 Å². The molecule has 0 unspecified atom stereocenters. The van der Waals surface area contributed by atoms with Gasteiger partial charge >= 0.3 is 5.97 Å². The van der Waals surface area contributed by atoms with Gasteiger partial charge in [-0.2, -0.15) is 0 Å². The molecule has 1 aromatic rings. The Labute approximate surface area is 223 Å². The number of fused-ring (bicyclic) bond motifs is 1. The first-order chi connectivity index (χ1) is 17.7. The van der Waals surface area contributed by atoms with Gasteiger partial charge in [0.1, 0.15) is 11.4 Å². The zero-order valence-corrected chi connectivity index (χ0v) is 23.5. The Morgan fingerprint density at radius 3 is 1.73 bits per heavy atom. The fourth-order valence-electron chi connectivity index (χ4n) is 4.25. The molecule has 1 heterocycles. The summed E-state index contributed by atoms with van der Waals surface area (Å²) in [5.41, 5.74) is 0.220. The largest absolute Gasteiger partial charge is 0.480 e. The number of benzene rings is 1. The van der Waals surface area contributed by atoms with Crippen LogP contribution in [0.25, 0.3) is 0 Å². The minimum Gasteiger partial charge on any atom is -0.480 e. The summed E-state index contributed by atoms with van der Waals surface area (Å²) in [6, 6.07) is 6.09. The van der Waals surface area contributed by atoms with Crippen LogP contribution in [0.3, 0.4) is 0 Å². The summed E-state index contributed by atoms with van der Waals surface area (Å²) in [7, 11) is -2.00. The van der Waals surface area contributed by atoms with Crippen molar-refractivity contribution < 1.29 is 27.9 Å². The number of unbranched alkanes of at least 4 members (excludes halogenated alkanes) is 14. The molecule has 210 valence electrons. The molecule has 0 bridgehead atoms. The third-order valence-corrected chi connectivity index (χ3v) is 7.83. The molecule has 2 N–H and O–H groups in total. The van der Waals surface area contributed by atoms with Crippen molar-refractivity contribution in [2.24, 2.45) is 0 Å². The fourth-order valence-corrected chi connectivity index (χ4v) is 5.42. The van der Waals surface area contributed by atoms with Crippen LogP contribution in [0.2, 0.25) is 0 Å². The monoisotopic (exact) mass is 538 g/mol. The Kier molecular flexibility index (Phi) is 16.5. The summed E-state index contributed by atoms with van der Waals surface area (Å²) < 4.78 is 24.2. The van der Waals surface area contributed by atoms with Crippen LogP contribution in [-0.4, -0.2) is 49.8 Å². The lowest BCUT2D eigenvalue weighted by Crippen LogP contribution is -2.31. The third kappa shape index (κ3) is 14.2. The molecule has 2 amide bonds. The Hall–Kier alpha value is -2.42. The Balaban J connectivity index is 0.000000466. The molecule has 1 aromatic carbocycles. The number of likely N-dealkylation sites (N-methyl/N-ethyl adjacent to an activating group) is 1. The van der Waals surface area contributed by atoms with E-state index in [2.05, 4.69) is 6.92 Å². The van der Waals surface area contributed by atoms with Crippen LogP contribution < -0.4 is 4.72 Å². The summed E-state index contributed by atoms with van der Waals surface area (Å²) >= 11 is 0. The lowest BCUT2D eigenvalue weighted by molar-refractivity contribution is -0.143. The molecule has 9 heteroatoms. The van der Waals surface area contributed by atoms with Gasteiger partial charge in [0.05, 0.1) is 5.56 Å². The Bertz CT molecular complexity index is 932. The van der Waals surface area contributed by atoms with Gasteiger partial charge in [-0.05, 0) is 18.6 Å². The first-order valence-corrected chi connectivity index (χ1v) is 15.3. The van der Waals surface area contributed by atoms with Crippen LogP contribution in [0.4, 0.5) is 0 Å².